The molecule has 0 saturated carbocycles. The number of aryl methyl sites for hydroxylation is 3. The Bertz CT molecular complexity index is 682. The van der Waals surface area contributed by atoms with Crippen LogP contribution in [0.3, 0.4) is 0 Å². The van der Waals surface area contributed by atoms with Gasteiger partial charge in [0.15, 0.2) is 0 Å². The first kappa shape index (κ1) is 14.6. The van der Waals surface area contributed by atoms with Crippen LogP contribution in [0.2, 0.25) is 0 Å². The summed E-state index contributed by atoms with van der Waals surface area (Å²) in [5, 5.41) is 6.79. The van der Waals surface area contributed by atoms with Crippen molar-refractivity contribution in [1.29, 1.82) is 0 Å². The van der Waals surface area contributed by atoms with Gasteiger partial charge in [0.1, 0.15) is 17.8 Å². The van der Waals surface area contributed by atoms with Gasteiger partial charge < -0.3 is 4.90 Å². The average molecular weight is 300 g/mol. The molecule has 2 aromatic heterocycles. The van der Waals surface area contributed by atoms with Gasteiger partial charge in [-0.1, -0.05) is 0 Å². The second-order valence-corrected chi connectivity index (χ2v) is 5.71. The molecule has 1 fully saturated rings. The van der Waals surface area contributed by atoms with Crippen LogP contribution < -0.4 is 0 Å². The zero-order valence-corrected chi connectivity index (χ0v) is 13.1. The van der Waals surface area contributed by atoms with Crippen LogP contribution in [0.5, 0.6) is 0 Å². The number of likely N-dealkylation sites (tertiary alicyclic amines) is 1. The van der Waals surface area contributed by atoms with E-state index < -0.39 is 0 Å². The maximum absolute atomic E-state index is 13.0. The third-order valence-electron chi connectivity index (χ3n) is 4.20. The number of hydrogen-bond acceptors (Lipinski definition) is 5. The second kappa shape index (κ2) is 5.82. The fraction of sp³-hybridized carbons (Fsp3) is 0.533. The van der Waals surface area contributed by atoms with Gasteiger partial charge in [-0.3, -0.25) is 14.9 Å². The molecule has 0 bridgehead atoms. The first-order chi connectivity index (χ1) is 10.6. The molecule has 0 aliphatic carbocycles. The van der Waals surface area contributed by atoms with Crippen molar-refractivity contribution < 1.29 is 4.79 Å². The maximum atomic E-state index is 13.0. The van der Waals surface area contributed by atoms with E-state index >= 15 is 0 Å². The van der Waals surface area contributed by atoms with Gasteiger partial charge in [0.05, 0.1) is 23.1 Å². The molecule has 0 radical (unpaired) electrons. The number of carbonyl (C=O) groups is 1. The third kappa shape index (κ3) is 2.58. The first-order valence-corrected chi connectivity index (χ1v) is 7.56. The minimum Gasteiger partial charge on any atom is -0.327 e. The lowest BCUT2D eigenvalue weighted by Crippen LogP contribution is -2.40. The van der Waals surface area contributed by atoms with E-state index in [-0.39, 0.29) is 11.9 Å². The van der Waals surface area contributed by atoms with Crippen molar-refractivity contribution in [3.63, 3.8) is 0 Å². The van der Waals surface area contributed by atoms with E-state index in [1.807, 2.05) is 25.7 Å². The smallest absolute Gasteiger partial charge is 0.274 e. The first-order valence-electron chi connectivity index (χ1n) is 7.56. The minimum absolute atomic E-state index is 0.0634. The van der Waals surface area contributed by atoms with Crippen molar-refractivity contribution in [3.8, 4) is 0 Å². The molecule has 7 heteroatoms. The number of amides is 1. The molecule has 1 amide bonds. The van der Waals surface area contributed by atoms with E-state index in [4.69, 9.17) is 0 Å². The summed E-state index contributed by atoms with van der Waals surface area (Å²) in [6, 6.07) is -0.0634. The molecule has 0 aromatic carbocycles. The largest absolute Gasteiger partial charge is 0.327 e. The van der Waals surface area contributed by atoms with E-state index in [2.05, 4.69) is 25.1 Å². The number of carbonyl (C=O) groups excluding carboxylic acids is 1. The summed E-state index contributed by atoms with van der Waals surface area (Å²) < 4.78 is 0. The number of H-pyrrole nitrogens is 1. The molecule has 2 aromatic rings. The highest BCUT2D eigenvalue weighted by molar-refractivity contribution is 5.93. The lowest BCUT2D eigenvalue weighted by Gasteiger charge is -2.34. The van der Waals surface area contributed by atoms with Crippen molar-refractivity contribution in [2.24, 2.45) is 0 Å². The van der Waals surface area contributed by atoms with Gasteiger partial charge >= 0.3 is 0 Å². The summed E-state index contributed by atoms with van der Waals surface area (Å²) >= 11 is 0. The van der Waals surface area contributed by atoms with Gasteiger partial charge in [-0.2, -0.15) is 5.10 Å². The molecule has 1 atom stereocenters. The van der Waals surface area contributed by atoms with E-state index in [0.717, 1.165) is 36.5 Å². The number of aromatic nitrogens is 5. The van der Waals surface area contributed by atoms with Crippen LogP contribution >= 0.6 is 0 Å². The Labute approximate surface area is 129 Å². The summed E-state index contributed by atoms with van der Waals surface area (Å²) in [5.41, 5.74) is 2.77. The molecule has 1 saturated heterocycles. The Balaban J connectivity index is 1.94. The predicted molar refractivity (Wildman–Crippen MR) is 80.3 cm³/mol. The highest BCUT2D eigenvalue weighted by atomic mass is 16.2. The number of nitrogens with zero attached hydrogens (tertiary/aromatic N) is 5. The number of rotatable bonds is 2. The molecule has 1 unspecified atom stereocenters. The van der Waals surface area contributed by atoms with Gasteiger partial charge in [-0.15, -0.1) is 0 Å². The summed E-state index contributed by atoms with van der Waals surface area (Å²) in [5.74, 6) is 0.664. The summed E-state index contributed by atoms with van der Waals surface area (Å²) in [6.07, 6.45) is 4.44. The molecule has 7 nitrogen and oxygen atoms in total. The van der Waals surface area contributed by atoms with Crippen LogP contribution in [0, 0.1) is 20.8 Å². The number of piperidine rings is 1. The standard InChI is InChI=1S/C15H20N6O/c1-9-10(2)19-13(11(3)18-9)15(22)21-7-5-4-6-12(21)14-16-8-17-20-14/h8,12H,4-7H2,1-3H3,(H,16,17,20). The number of hydrogen-bond donors (Lipinski definition) is 1. The Morgan fingerprint density at radius 2 is 1.95 bits per heavy atom. The van der Waals surface area contributed by atoms with Crippen LogP contribution in [0.1, 0.15) is 58.7 Å². The Morgan fingerprint density at radius 1 is 1.18 bits per heavy atom. The summed E-state index contributed by atoms with van der Waals surface area (Å²) in [6.45, 7) is 6.32. The number of aromatic amines is 1. The maximum Gasteiger partial charge on any atom is 0.274 e. The Morgan fingerprint density at radius 3 is 2.68 bits per heavy atom. The van der Waals surface area contributed by atoms with Gasteiger partial charge in [0.25, 0.3) is 5.91 Å². The molecule has 1 aliphatic heterocycles. The van der Waals surface area contributed by atoms with Gasteiger partial charge in [0.2, 0.25) is 0 Å². The molecule has 22 heavy (non-hydrogen) atoms. The van der Waals surface area contributed by atoms with Crippen LogP contribution in [0.15, 0.2) is 6.33 Å². The third-order valence-corrected chi connectivity index (χ3v) is 4.20. The predicted octanol–water partition coefficient (Wildman–Crippen LogP) is 1.89. The molecule has 116 valence electrons. The van der Waals surface area contributed by atoms with Crippen LogP contribution in [-0.4, -0.2) is 42.5 Å². The molecule has 1 aliphatic rings. The van der Waals surface area contributed by atoms with E-state index in [1.165, 1.54) is 6.33 Å². The molecule has 3 heterocycles. The molecule has 3 rings (SSSR count). The van der Waals surface area contributed by atoms with Gasteiger partial charge in [-0.05, 0) is 40.0 Å². The van der Waals surface area contributed by atoms with Crippen LogP contribution in [0.4, 0.5) is 0 Å². The van der Waals surface area contributed by atoms with E-state index in [0.29, 0.717) is 17.9 Å². The topological polar surface area (TPSA) is 87.7 Å². The fourth-order valence-corrected chi connectivity index (χ4v) is 2.89. The van der Waals surface area contributed by atoms with E-state index in [1.54, 1.807) is 0 Å². The monoisotopic (exact) mass is 300 g/mol. The van der Waals surface area contributed by atoms with E-state index in [9.17, 15) is 4.79 Å². The van der Waals surface area contributed by atoms with Crippen molar-refractivity contribution in [2.45, 2.75) is 46.1 Å². The zero-order valence-electron chi connectivity index (χ0n) is 13.1. The summed E-state index contributed by atoms with van der Waals surface area (Å²) in [4.78, 5) is 27.9. The number of nitrogens with one attached hydrogen (secondary N) is 1. The summed E-state index contributed by atoms with van der Waals surface area (Å²) in [7, 11) is 0. The quantitative estimate of drug-likeness (QED) is 0.915. The van der Waals surface area contributed by atoms with Crippen molar-refractivity contribution in [3.05, 3.63) is 34.9 Å². The van der Waals surface area contributed by atoms with Gasteiger partial charge in [0, 0.05) is 6.54 Å². The zero-order chi connectivity index (χ0) is 15.7. The van der Waals surface area contributed by atoms with Crippen molar-refractivity contribution >= 4 is 5.91 Å². The minimum atomic E-state index is -0.0748. The van der Waals surface area contributed by atoms with Crippen LogP contribution in [-0.2, 0) is 0 Å². The van der Waals surface area contributed by atoms with Crippen molar-refractivity contribution in [1.82, 2.24) is 30.0 Å². The van der Waals surface area contributed by atoms with Crippen LogP contribution in [0.25, 0.3) is 0 Å². The highest BCUT2D eigenvalue weighted by Crippen LogP contribution is 2.30. The Hall–Kier alpha value is -2.31. The molecule has 1 N–H and O–H groups in total. The highest BCUT2D eigenvalue weighted by Gasteiger charge is 2.32. The van der Waals surface area contributed by atoms with Crippen molar-refractivity contribution in [2.75, 3.05) is 6.54 Å². The molecular weight excluding hydrogens is 280 g/mol. The SMILES string of the molecule is Cc1nc(C)c(C(=O)N2CCCCC2c2ncn[nH]2)nc1C. The lowest BCUT2D eigenvalue weighted by molar-refractivity contribution is 0.0592. The fourth-order valence-electron chi connectivity index (χ4n) is 2.89. The normalized spacial score (nSPS) is 18.5. The Kier molecular flexibility index (Phi) is 3.87. The molecule has 0 spiro atoms. The average Bonchev–Trinajstić information content (AvgIpc) is 3.04. The second-order valence-electron chi connectivity index (χ2n) is 5.71. The van der Waals surface area contributed by atoms with Gasteiger partial charge in [-0.25, -0.2) is 9.97 Å². The molecular formula is C15H20N6O. The lowest BCUT2D eigenvalue weighted by atomic mass is 10.0.